The molecule has 0 aliphatic carbocycles. The lowest BCUT2D eigenvalue weighted by atomic mass is 10.1. The predicted molar refractivity (Wildman–Crippen MR) is 79.1 cm³/mol. The Bertz CT molecular complexity index is 356. The van der Waals surface area contributed by atoms with E-state index < -0.39 is 12.5 Å². The maximum Gasteiger partial charge on any atom is 0.258 e. The highest BCUT2D eigenvalue weighted by Crippen LogP contribution is 2.28. The van der Waals surface area contributed by atoms with E-state index in [1.54, 1.807) is 24.3 Å². The minimum Gasteiger partial charge on any atom is -0.314 e. The predicted octanol–water partition coefficient (Wildman–Crippen LogP) is 3.40. The van der Waals surface area contributed by atoms with Crippen molar-refractivity contribution in [3.8, 4) is 0 Å². The Morgan fingerprint density at radius 3 is 2.05 bits per heavy atom. The van der Waals surface area contributed by atoms with E-state index in [2.05, 4.69) is 5.32 Å². The largest absolute Gasteiger partial charge is 0.314 e. The van der Waals surface area contributed by atoms with E-state index in [1.807, 2.05) is 4.90 Å². The van der Waals surface area contributed by atoms with E-state index in [1.165, 1.54) is 0 Å². The lowest BCUT2D eigenvalue weighted by molar-refractivity contribution is 0.0182. The van der Waals surface area contributed by atoms with E-state index in [0.29, 0.717) is 23.7 Å². The van der Waals surface area contributed by atoms with Crippen LogP contribution in [0, 0.1) is 0 Å². The van der Waals surface area contributed by atoms with Crippen LogP contribution < -0.4 is 5.32 Å². The topological polar surface area (TPSA) is 15.3 Å². The van der Waals surface area contributed by atoms with Crippen molar-refractivity contribution in [1.29, 1.82) is 0 Å². The minimum atomic E-state index is -2.38. The third-order valence-corrected chi connectivity index (χ3v) is 3.25. The van der Waals surface area contributed by atoms with Crippen LogP contribution in [-0.4, -0.2) is 37.5 Å². The Kier molecular flexibility index (Phi) is 8.86. The molecule has 1 fully saturated rings. The van der Waals surface area contributed by atoms with Crippen LogP contribution in [0.4, 0.5) is 8.78 Å². The molecule has 1 aromatic rings. The summed E-state index contributed by atoms with van der Waals surface area (Å²) < 4.78 is 26.3. The number of halogens is 5. The zero-order valence-electron chi connectivity index (χ0n) is 10.2. The molecule has 1 saturated heterocycles. The molecule has 0 unspecified atom stereocenters. The highest BCUT2D eigenvalue weighted by Gasteiger charge is 2.29. The Morgan fingerprint density at radius 2 is 1.58 bits per heavy atom. The third-order valence-electron chi connectivity index (χ3n) is 3.00. The lowest BCUT2D eigenvalue weighted by Gasteiger charge is -2.34. The van der Waals surface area contributed by atoms with Crippen molar-refractivity contribution >= 4 is 36.4 Å². The molecule has 7 heteroatoms. The van der Waals surface area contributed by atoms with Crippen molar-refractivity contribution in [3.63, 3.8) is 0 Å². The average Bonchev–Trinajstić information content (AvgIpc) is 2.33. The summed E-state index contributed by atoms with van der Waals surface area (Å²) in [6.07, 6.45) is -2.38. The molecule has 1 atom stereocenters. The highest BCUT2D eigenvalue weighted by atomic mass is 35.5. The van der Waals surface area contributed by atoms with Crippen LogP contribution in [0.5, 0.6) is 0 Å². The molecule has 0 aromatic heterocycles. The molecule has 19 heavy (non-hydrogen) atoms. The average molecular weight is 334 g/mol. The number of nitrogens with one attached hydrogen (secondary N) is 1. The van der Waals surface area contributed by atoms with Gasteiger partial charge in [0.05, 0.1) is 6.04 Å². The second kappa shape index (κ2) is 8.93. The second-order valence-electron chi connectivity index (χ2n) is 4.12. The summed E-state index contributed by atoms with van der Waals surface area (Å²) in [7, 11) is 0. The molecule has 1 aliphatic heterocycles. The number of nitrogens with zero attached hydrogens (tertiary/aromatic N) is 1. The SMILES string of the molecule is Cl.Cl.FC(F)[C@H](c1ccc(Cl)cc1)N1CCNCC1. The van der Waals surface area contributed by atoms with Gasteiger partial charge in [-0.3, -0.25) is 4.90 Å². The summed E-state index contributed by atoms with van der Waals surface area (Å²) in [6, 6.07) is 5.86. The molecule has 1 heterocycles. The first-order chi connectivity index (χ1) is 8.18. The molecule has 1 N–H and O–H groups in total. The molecule has 110 valence electrons. The minimum absolute atomic E-state index is 0. The third kappa shape index (κ3) is 5.04. The van der Waals surface area contributed by atoms with Crippen LogP contribution in [0.3, 0.4) is 0 Å². The molecule has 2 nitrogen and oxygen atoms in total. The van der Waals surface area contributed by atoms with Gasteiger partial charge in [0.2, 0.25) is 0 Å². The summed E-state index contributed by atoms with van der Waals surface area (Å²) in [5, 5.41) is 3.73. The molecule has 2 rings (SSSR count). The van der Waals surface area contributed by atoms with Gasteiger partial charge in [0.15, 0.2) is 0 Å². The smallest absolute Gasteiger partial charge is 0.258 e. The fourth-order valence-electron chi connectivity index (χ4n) is 2.14. The van der Waals surface area contributed by atoms with Crippen molar-refractivity contribution in [1.82, 2.24) is 10.2 Å². The van der Waals surface area contributed by atoms with Gasteiger partial charge < -0.3 is 5.32 Å². The highest BCUT2D eigenvalue weighted by molar-refractivity contribution is 6.30. The van der Waals surface area contributed by atoms with Crippen LogP contribution in [0.1, 0.15) is 11.6 Å². The molecule has 0 radical (unpaired) electrons. The van der Waals surface area contributed by atoms with Gasteiger partial charge >= 0.3 is 0 Å². The van der Waals surface area contributed by atoms with Gasteiger partial charge in [0.1, 0.15) is 0 Å². The van der Waals surface area contributed by atoms with Gasteiger partial charge in [0, 0.05) is 31.2 Å². The first-order valence-corrected chi connectivity index (χ1v) is 6.04. The van der Waals surface area contributed by atoms with Crippen molar-refractivity contribution in [2.24, 2.45) is 0 Å². The van der Waals surface area contributed by atoms with Crippen molar-refractivity contribution < 1.29 is 8.78 Å². The van der Waals surface area contributed by atoms with Crippen LogP contribution in [0.15, 0.2) is 24.3 Å². The van der Waals surface area contributed by atoms with Crippen molar-refractivity contribution in [3.05, 3.63) is 34.9 Å². The Hall–Kier alpha value is -0.130. The summed E-state index contributed by atoms with van der Waals surface area (Å²) in [5.74, 6) is 0. The maximum atomic E-state index is 13.2. The molecular formula is C12H17Cl3F2N2. The van der Waals surface area contributed by atoms with E-state index in [4.69, 9.17) is 11.6 Å². The van der Waals surface area contributed by atoms with Gasteiger partial charge in [-0.1, -0.05) is 23.7 Å². The summed E-state index contributed by atoms with van der Waals surface area (Å²) >= 11 is 5.77. The Balaban J connectivity index is 0.00000162. The normalized spacial score (nSPS) is 17.5. The number of hydrogen-bond donors (Lipinski definition) is 1. The van der Waals surface area contributed by atoms with Crippen LogP contribution in [0.25, 0.3) is 0 Å². The monoisotopic (exact) mass is 332 g/mol. The summed E-state index contributed by atoms with van der Waals surface area (Å²) in [6.45, 7) is 2.82. The quantitative estimate of drug-likeness (QED) is 0.912. The molecule has 0 amide bonds. The first kappa shape index (κ1) is 18.9. The van der Waals surface area contributed by atoms with Gasteiger partial charge in [-0.05, 0) is 17.7 Å². The Labute approximate surface area is 129 Å². The van der Waals surface area contributed by atoms with Gasteiger partial charge in [-0.25, -0.2) is 8.78 Å². The van der Waals surface area contributed by atoms with Gasteiger partial charge in [-0.15, -0.1) is 24.8 Å². The fourth-order valence-corrected chi connectivity index (χ4v) is 2.26. The standard InChI is InChI=1S/C12H15ClF2N2.2ClH/c13-10-3-1-9(2-4-10)11(12(14)15)17-7-5-16-6-8-17;;/h1-4,11-12,16H,5-8H2;2*1H/t11-;;/m0../s1. The van der Waals surface area contributed by atoms with E-state index in [0.717, 1.165) is 13.1 Å². The first-order valence-electron chi connectivity index (χ1n) is 5.67. The molecule has 0 bridgehead atoms. The number of alkyl halides is 2. The molecular weight excluding hydrogens is 317 g/mol. The maximum absolute atomic E-state index is 13.2. The zero-order valence-corrected chi connectivity index (χ0v) is 12.6. The molecule has 0 saturated carbocycles. The second-order valence-corrected chi connectivity index (χ2v) is 4.55. The molecule has 1 aliphatic rings. The van der Waals surface area contributed by atoms with E-state index in [-0.39, 0.29) is 24.8 Å². The Morgan fingerprint density at radius 1 is 1.05 bits per heavy atom. The van der Waals surface area contributed by atoms with Crippen LogP contribution >= 0.6 is 36.4 Å². The lowest BCUT2D eigenvalue weighted by Crippen LogP contribution is -2.46. The number of piperazine rings is 1. The van der Waals surface area contributed by atoms with E-state index >= 15 is 0 Å². The molecule has 0 spiro atoms. The van der Waals surface area contributed by atoms with Gasteiger partial charge in [0.25, 0.3) is 6.43 Å². The van der Waals surface area contributed by atoms with E-state index in [9.17, 15) is 8.78 Å². The summed E-state index contributed by atoms with van der Waals surface area (Å²) in [4.78, 5) is 1.82. The molecule has 1 aromatic carbocycles. The van der Waals surface area contributed by atoms with Crippen LogP contribution in [-0.2, 0) is 0 Å². The number of rotatable bonds is 3. The van der Waals surface area contributed by atoms with Gasteiger partial charge in [-0.2, -0.15) is 0 Å². The zero-order chi connectivity index (χ0) is 12.3. The van der Waals surface area contributed by atoms with Crippen molar-refractivity contribution in [2.75, 3.05) is 26.2 Å². The van der Waals surface area contributed by atoms with Crippen molar-refractivity contribution in [2.45, 2.75) is 12.5 Å². The van der Waals surface area contributed by atoms with Crippen LogP contribution in [0.2, 0.25) is 5.02 Å². The number of hydrogen-bond acceptors (Lipinski definition) is 2. The summed E-state index contributed by atoms with van der Waals surface area (Å²) in [5.41, 5.74) is 0.631. The fraction of sp³-hybridized carbons (Fsp3) is 0.500. The number of benzene rings is 1.